The number of hydrogen-bond donors (Lipinski definition) is 1. The van der Waals surface area contributed by atoms with Crippen LogP contribution in [-0.4, -0.2) is 40.1 Å². The fourth-order valence-electron chi connectivity index (χ4n) is 6.44. The third kappa shape index (κ3) is 4.62. The van der Waals surface area contributed by atoms with Crippen molar-refractivity contribution in [2.45, 2.75) is 69.7 Å². The van der Waals surface area contributed by atoms with Crippen LogP contribution in [0.1, 0.15) is 62.1 Å². The van der Waals surface area contributed by atoms with Crippen LogP contribution in [0, 0.1) is 5.92 Å². The molecule has 6 rings (SSSR count). The number of carbonyl (C=O) groups is 3. The molecule has 0 spiro atoms. The number of para-hydroxylation sites is 1. The van der Waals surface area contributed by atoms with Gasteiger partial charge in [0.1, 0.15) is 6.61 Å². The molecule has 1 heterocycles. The van der Waals surface area contributed by atoms with Crippen molar-refractivity contribution in [3.8, 4) is 0 Å². The SMILES string of the molecule is O=C(O)CCC(=O)N(C1CC1)C1c2ccccc2N(C(=O)OCc2ccc3ccccc3c2)C2CCCC21. The molecule has 2 amide bonds. The minimum absolute atomic E-state index is 0.000594. The van der Waals surface area contributed by atoms with Crippen LogP contribution in [0.25, 0.3) is 10.8 Å². The molecule has 3 unspecified atom stereocenters. The van der Waals surface area contributed by atoms with E-state index >= 15 is 0 Å². The van der Waals surface area contributed by atoms with Crippen molar-refractivity contribution in [1.29, 1.82) is 0 Å². The highest BCUT2D eigenvalue weighted by molar-refractivity contribution is 5.91. The zero-order valence-electron chi connectivity index (χ0n) is 21.3. The highest BCUT2D eigenvalue weighted by atomic mass is 16.6. The number of aliphatic carboxylic acids is 1. The Morgan fingerprint density at radius 3 is 2.45 bits per heavy atom. The van der Waals surface area contributed by atoms with Crippen LogP contribution in [0.5, 0.6) is 0 Å². The molecule has 7 heteroatoms. The molecule has 3 aromatic carbocycles. The van der Waals surface area contributed by atoms with Crippen LogP contribution in [0.2, 0.25) is 0 Å². The fourth-order valence-corrected chi connectivity index (χ4v) is 6.44. The molecule has 2 aliphatic carbocycles. The predicted molar refractivity (Wildman–Crippen MR) is 144 cm³/mol. The molecule has 3 aliphatic rings. The lowest BCUT2D eigenvalue weighted by atomic mass is 9.81. The number of carboxylic acid groups (broad SMARTS) is 1. The van der Waals surface area contributed by atoms with Crippen LogP contribution < -0.4 is 4.90 Å². The van der Waals surface area contributed by atoms with Gasteiger partial charge in [0.15, 0.2) is 0 Å². The first kappa shape index (κ1) is 24.5. The summed E-state index contributed by atoms with van der Waals surface area (Å²) in [5.74, 6) is -0.975. The van der Waals surface area contributed by atoms with E-state index in [1.807, 2.05) is 64.4 Å². The average Bonchev–Trinajstić information content (AvgIpc) is 3.65. The maximum absolute atomic E-state index is 13.6. The van der Waals surface area contributed by atoms with Crippen LogP contribution in [0.15, 0.2) is 66.7 Å². The van der Waals surface area contributed by atoms with E-state index in [-0.39, 0.29) is 55.5 Å². The zero-order chi connectivity index (χ0) is 26.2. The summed E-state index contributed by atoms with van der Waals surface area (Å²) in [5.41, 5.74) is 2.68. The third-order valence-electron chi connectivity index (χ3n) is 8.24. The summed E-state index contributed by atoms with van der Waals surface area (Å²) in [5, 5.41) is 11.4. The molecule has 0 radical (unpaired) electrons. The number of fused-ring (bicyclic) bond motifs is 3. The van der Waals surface area contributed by atoms with Gasteiger partial charge in [0.05, 0.1) is 18.2 Å². The summed E-state index contributed by atoms with van der Waals surface area (Å²) in [6.07, 6.45) is 4.07. The molecular weight excluding hydrogens is 480 g/mol. The maximum atomic E-state index is 13.6. The third-order valence-corrected chi connectivity index (χ3v) is 8.24. The molecule has 2 fully saturated rings. The Bertz CT molecular complexity index is 1380. The average molecular weight is 513 g/mol. The molecule has 0 bridgehead atoms. The van der Waals surface area contributed by atoms with Gasteiger partial charge in [-0.2, -0.15) is 0 Å². The Balaban J connectivity index is 1.28. The minimum atomic E-state index is -0.961. The summed E-state index contributed by atoms with van der Waals surface area (Å²) in [6, 6.07) is 21.9. The van der Waals surface area contributed by atoms with Gasteiger partial charge in [-0.15, -0.1) is 0 Å². The molecule has 1 aliphatic heterocycles. The van der Waals surface area contributed by atoms with Gasteiger partial charge in [0.25, 0.3) is 0 Å². The Morgan fingerprint density at radius 2 is 1.66 bits per heavy atom. The number of ether oxygens (including phenoxy) is 1. The zero-order valence-corrected chi connectivity index (χ0v) is 21.3. The van der Waals surface area contributed by atoms with Crippen LogP contribution in [-0.2, 0) is 20.9 Å². The van der Waals surface area contributed by atoms with E-state index in [2.05, 4.69) is 12.1 Å². The van der Waals surface area contributed by atoms with Gasteiger partial charge in [0, 0.05) is 24.4 Å². The molecule has 0 aromatic heterocycles. The normalized spacial score (nSPS) is 22.0. The monoisotopic (exact) mass is 512 g/mol. The Morgan fingerprint density at radius 1 is 0.895 bits per heavy atom. The van der Waals surface area contributed by atoms with E-state index in [4.69, 9.17) is 9.84 Å². The first-order valence-electron chi connectivity index (χ1n) is 13.6. The molecule has 38 heavy (non-hydrogen) atoms. The van der Waals surface area contributed by atoms with E-state index in [0.29, 0.717) is 0 Å². The maximum Gasteiger partial charge on any atom is 0.414 e. The number of amides is 2. The van der Waals surface area contributed by atoms with Crippen molar-refractivity contribution < 1.29 is 24.2 Å². The summed E-state index contributed by atoms with van der Waals surface area (Å²) in [7, 11) is 0. The van der Waals surface area contributed by atoms with Gasteiger partial charge in [-0.1, -0.05) is 61.0 Å². The Hall–Kier alpha value is -3.87. The number of carboxylic acids is 1. The molecule has 7 nitrogen and oxygen atoms in total. The number of benzene rings is 3. The number of hydrogen-bond acceptors (Lipinski definition) is 4. The largest absolute Gasteiger partial charge is 0.481 e. The first-order chi connectivity index (χ1) is 18.5. The summed E-state index contributed by atoms with van der Waals surface area (Å²) in [6.45, 7) is 0.186. The van der Waals surface area contributed by atoms with Crippen LogP contribution >= 0.6 is 0 Å². The quantitative estimate of drug-likeness (QED) is 0.416. The fraction of sp³-hybridized carbons (Fsp3) is 0.387. The second-order valence-corrected chi connectivity index (χ2v) is 10.7. The van der Waals surface area contributed by atoms with Crippen molar-refractivity contribution in [2.75, 3.05) is 4.90 Å². The topological polar surface area (TPSA) is 87.2 Å². The number of rotatable bonds is 7. The molecular formula is C31H32N2O5. The van der Waals surface area contributed by atoms with Crippen molar-refractivity contribution in [2.24, 2.45) is 5.92 Å². The van der Waals surface area contributed by atoms with Crippen molar-refractivity contribution in [1.82, 2.24) is 4.90 Å². The van der Waals surface area contributed by atoms with Gasteiger partial charge >= 0.3 is 12.1 Å². The predicted octanol–water partition coefficient (Wildman–Crippen LogP) is 6.06. The smallest absolute Gasteiger partial charge is 0.414 e. The molecule has 1 N–H and O–H groups in total. The van der Waals surface area contributed by atoms with E-state index in [0.717, 1.165) is 59.7 Å². The second-order valence-electron chi connectivity index (χ2n) is 10.7. The summed E-state index contributed by atoms with van der Waals surface area (Å²) >= 11 is 0. The summed E-state index contributed by atoms with van der Waals surface area (Å²) < 4.78 is 5.89. The molecule has 0 saturated heterocycles. The van der Waals surface area contributed by atoms with Crippen molar-refractivity contribution in [3.05, 3.63) is 77.9 Å². The van der Waals surface area contributed by atoms with E-state index in [1.165, 1.54) is 0 Å². The molecule has 196 valence electrons. The summed E-state index contributed by atoms with van der Waals surface area (Å²) in [4.78, 5) is 41.9. The molecule has 2 saturated carbocycles. The van der Waals surface area contributed by atoms with Crippen molar-refractivity contribution >= 4 is 34.4 Å². The van der Waals surface area contributed by atoms with Gasteiger partial charge in [-0.3, -0.25) is 14.5 Å². The van der Waals surface area contributed by atoms with E-state index < -0.39 is 5.97 Å². The van der Waals surface area contributed by atoms with Crippen LogP contribution in [0.4, 0.5) is 10.5 Å². The first-order valence-corrected chi connectivity index (χ1v) is 13.6. The number of carbonyl (C=O) groups excluding carboxylic acids is 2. The number of nitrogens with zero attached hydrogens (tertiary/aromatic N) is 2. The minimum Gasteiger partial charge on any atom is -0.481 e. The van der Waals surface area contributed by atoms with Gasteiger partial charge in [-0.25, -0.2) is 4.79 Å². The highest BCUT2D eigenvalue weighted by Crippen LogP contribution is 2.52. The van der Waals surface area contributed by atoms with E-state index in [1.54, 1.807) is 0 Å². The van der Waals surface area contributed by atoms with Crippen molar-refractivity contribution in [3.63, 3.8) is 0 Å². The Kier molecular flexibility index (Phi) is 6.52. The lowest BCUT2D eigenvalue weighted by Crippen LogP contribution is -2.53. The van der Waals surface area contributed by atoms with Crippen LogP contribution in [0.3, 0.4) is 0 Å². The molecule has 3 aromatic rings. The second kappa shape index (κ2) is 10.1. The lowest BCUT2D eigenvalue weighted by Gasteiger charge is -2.47. The van der Waals surface area contributed by atoms with Gasteiger partial charge in [0.2, 0.25) is 5.91 Å². The Labute approximate surface area is 222 Å². The van der Waals surface area contributed by atoms with E-state index in [9.17, 15) is 14.4 Å². The van der Waals surface area contributed by atoms with Gasteiger partial charge < -0.3 is 14.7 Å². The van der Waals surface area contributed by atoms with Gasteiger partial charge in [-0.05, 0) is 59.7 Å². The molecule has 3 atom stereocenters. The highest BCUT2D eigenvalue weighted by Gasteiger charge is 2.51. The standard InChI is InChI=1S/C31H32N2O5/c34-28(16-17-29(35)36)32(23-14-15-23)30-24-8-3-4-10-26(24)33(27-11-5-9-25(27)30)31(37)38-19-20-12-13-21-6-1-2-7-22(21)18-20/h1-4,6-8,10,12-13,18,23,25,27,30H,5,9,11,14-17,19H2,(H,35,36). The number of anilines is 1. The lowest BCUT2D eigenvalue weighted by molar-refractivity contribution is -0.142.